The first-order chi connectivity index (χ1) is 12.1. The lowest BCUT2D eigenvalue weighted by Crippen LogP contribution is -2.26. The van der Waals surface area contributed by atoms with Crippen LogP contribution in [0.4, 0.5) is 17.1 Å². The number of para-hydroxylation sites is 3. The van der Waals surface area contributed by atoms with E-state index in [1.165, 1.54) is 11.0 Å². The third kappa shape index (κ3) is 3.40. The summed E-state index contributed by atoms with van der Waals surface area (Å²) in [5.74, 6) is -0.319. The lowest BCUT2D eigenvalue weighted by molar-refractivity contribution is -0.384. The maximum absolute atomic E-state index is 13.1. The fraction of sp³-hybridized carbons (Fsp3) is 0.0500. The molecule has 0 saturated carbocycles. The van der Waals surface area contributed by atoms with Crippen LogP contribution in [0.2, 0.25) is 0 Å². The Balaban J connectivity index is 2.16. The molecule has 5 nitrogen and oxygen atoms in total. The Kier molecular flexibility index (Phi) is 4.57. The maximum Gasteiger partial charge on any atom is 0.293 e. The molecule has 0 aromatic heterocycles. The highest BCUT2D eigenvalue weighted by molar-refractivity contribution is 6.12. The Labute approximate surface area is 145 Å². The number of anilines is 2. The van der Waals surface area contributed by atoms with Crippen LogP contribution in [-0.4, -0.2) is 10.8 Å². The zero-order chi connectivity index (χ0) is 17.8. The van der Waals surface area contributed by atoms with E-state index in [-0.39, 0.29) is 17.3 Å². The number of benzene rings is 3. The number of hydrogen-bond acceptors (Lipinski definition) is 3. The summed E-state index contributed by atoms with van der Waals surface area (Å²) >= 11 is 0. The third-order valence-electron chi connectivity index (χ3n) is 3.84. The molecule has 0 unspecified atom stereocenters. The molecule has 3 aromatic rings. The lowest BCUT2D eigenvalue weighted by Gasteiger charge is -2.23. The number of hydrogen-bond donors (Lipinski definition) is 0. The van der Waals surface area contributed by atoms with Gasteiger partial charge in [0.25, 0.3) is 11.6 Å². The summed E-state index contributed by atoms with van der Waals surface area (Å²) in [6.07, 6.45) is 0. The van der Waals surface area contributed by atoms with Gasteiger partial charge in [-0.15, -0.1) is 0 Å². The number of amides is 1. The second-order valence-electron chi connectivity index (χ2n) is 5.59. The van der Waals surface area contributed by atoms with Crippen LogP contribution in [0, 0.1) is 17.0 Å². The second kappa shape index (κ2) is 6.97. The molecule has 0 N–H and O–H groups in total. The number of aryl methyl sites for hydroxylation is 1. The first-order valence-corrected chi connectivity index (χ1v) is 7.77. The van der Waals surface area contributed by atoms with Crippen LogP contribution in [0.25, 0.3) is 0 Å². The Morgan fingerprint density at radius 3 is 2.12 bits per heavy atom. The predicted molar refractivity (Wildman–Crippen MR) is 97.2 cm³/mol. The molecule has 0 spiro atoms. The Hall–Kier alpha value is -3.47. The van der Waals surface area contributed by atoms with Gasteiger partial charge in [-0.05, 0) is 37.3 Å². The minimum absolute atomic E-state index is 0.119. The van der Waals surface area contributed by atoms with Crippen molar-refractivity contribution in [3.05, 3.63) is 100 Å². The standard InChI is InChI=1S/C20H16N2O3/c1-15-11-13-16(14-12-15)20(23)21(17-7-3-2-4-8-17)18-9-5-6-10-19(18)22(24)25/h2-14H,1H3. The highest BCUT2D eigenvalue weighted by Crippen LogP contribution is 2.34. The monoisotopic (exact) mass is 332 g/mol. The number of carbonyl (C=O) groups excluding carboxylic acids is 1. The largest absolute Gasteiger partial charge is 0.293 e. The van der Waals surface area contributed by atoms with E-state index in [2.05, 4.69) is 0 Å². The van der Waals surface area contributed by atoms with Crippen molar-refractivity contribution in [3.8, 4) is 0 Å². The molecule has 0 fully saturated rings. The van der Waals surface area contributed by atoms with Gasteiger partial charge >= 0.3 is 0 Å². The number of rotatable bonds is 4. The van der Waals surface area contributed by atoms with Crippen molar-refractivity contribution in [1.82, 2.24) is 0 Å². The molecular formula is C20H16N2O3. The van der Waals surface area contributed by atoms with Crippen molar-refractivity contribution in [3.63, 3.8) is 0 Å². The molecule has 0 aliphatic carbocycles. The van der Waals surface area contributed by atoms with Gasteiger partial charge in [-0.25, -0.2) is 0 Å². The average Bonchev–Trinajstić information content (AvgIpc) is 2.63. The molecule has 0 atom stereocenters. The molecule has 0 radical (unpaired) electrons. The molecule has 0 saturated heterocycles. The van der Waals surface area contributed by atoms with Crippen LogP contribution >= 0.6 is 0 Å². The van der Waals surface area contributed by atoms with E-state index in [9.17, 15) is 14.9 Å². The van der Waals surface area contributed by atoms with E-state index >= 15 is 0 Å². The molecule has 3 rings (SSSR count). The van der Waals surface area contributed by atoms with E-state index in [0.29, 0.717) is 11.3 Å². The fourth-order valence-electron chi connectivity index (χ4n) is 2.58. The van der Waals surface area contributed by atoms with Crippen molar-refractivity contribution >= 4 is 23.0 Å². The molecule has 0 aliphatic heterocycles. The molecular weight excluding hydrogens is 316 g/mol. The summed E-state index contributed by atoms with van der Waals surface area (Å²) in [7, 11) is 0. The molecule has 3 aromatic carbocycles. The molecule has 5 heteroatoms. The Morgan fingerprint density at radius 1 is 0.880 bits per heavy atom. The van der Waals surface area contributed by atoms with E-state index in [0.717, 1.165) is 5.56 Å². The SMILES string of the molecule is Cc1ccc(C(=O)N(c2ccccc2)c2ccccc2[N+](=O)[O-])cc1. The zero-order valence-electron chi connectivity index (χ0n) is 13.6. The number of nitro groups is 1. The van der Waals surface area contributed by atoms with Crippen molar-refractivity contribution in [2.24, 2.45) is 0 Å². The van der Waals surface area contributed by atoms with E-state index in [4.69, 9.17) is 0 Å². The number of nitro benzene ring substituents is 1. The Bertz CT molecular complexity index is 906. The van der Waals surface area contributed by atoms with Crippen LogP contribution in [0.5, 0.6) is 0 Å². The van der Waals surface area contributed by atoms with Crippen molar-refractivity contribution < 1.29 is 9.72 Å². The quantitative estimate of drug-likeness (QED) is 0.505. The first-order valence-electron chi connectivity index (χ1n) is 7.77. The van der Waals surface area contributed by atoms with Crippen molar-refractivity contribution in [2.45, 2.75) is 6.92 Å². The van der Waals surface area contributed by atoms with Gasteiger partial charge in [0.05, 0.1) is 4.92 Å². The molecule has 124 valence electrons. The third-order valence-corrected chi connectivity index (χ3v) is 3.84. The average molecular weight is 332 g/mol. The van der Waals surface area contributed by atoms with Crippen LogP contribution in [0.15, 0.2) is 78.9 Å². The van der Waals surface area contributed by atoms with Gasteiger partial charge in [0.1, 0.15) is 5.69 Å². The summed E-state index contributed by atoms with van der Waals surface area (Å²) in [6.45, 7) is 1.94. The summed E-state index contributed by atoms with van der Waals surface area (Å²) < 4.78 is 0. The normalized spacial score (nSPS) is 10.3. The Morgan fingerprint density at radius 2 is 1.48 bits per heavy atom. The van der Waals surface area contributed by atoms with Gasteiger partial charge in [-0.3, -0.25) is 19.8 Å². The molecule has 0 heterocycles. The summed E-state index contributed by atoms with van der Waals surface area (Å²) in [5, 5.41) is 11.4. The predicted octanol–water partition coefficient (Wildman–Crippen LogP) is 4.88. The molecule has 1 amide bonds. The van der Waals surface area contributed by atoms with Crippen molar-refractivity contribution in [2.75, 3.05) is 4.90 Å². The van der Waals surface area contributed by atoms with E-state index in [1.54, 1.807) is 54.6 Å². The van der Waals surface area contributed by atoms with E-state index < -0.39 is 4.92 Å². The molecule has 25 heavy (non-hydrogen) atoms. The smallest absolute Gasteiger partial charge is 0.270 e. The fourth-order valence-corrected chi connectivity index (χ4v) is 2.58. The lowest BCUT2D eigenvalue weighted by atomic mass is 10.1. The molecule has 0 aliphatic rings. The minimum Gasteiger partial charge on any atom is -0.270 e. The number of nitrogens with zero attached hydrogens (tertiary/aromatic N) is 2. The first kappa shape index (κ1) is 16.4. The zero-order valence-corrected chi connectivity index (χ0v) is 13.6. The highest BCUT2D eigenvalue weighted by atomic mass is 16.6. The van der Waals surface area contributed by atoms with Crippen LogP contribution < -0.4 is 4.90 Å². The number of carbonyl (C=O) groups is 1. The van der Waals surface area contributed by atoms with Gasteiger partial charge in [0.15, 0.2) is 0 Å². The summed E-state index contributed by atoms with van der Waals surface area (Å²) in [4.78, 5) is 25.5. The summed E-state index contributed by atoms with van der Waals surface area (Å²) in [5.41, 5.74) is 2.19. The van der Waals surface area contributed by atoms with Crippen LogP contribution in [-0.2, 0) is 0 Å². The van der Waals surface area contributed by atoms with Gasteiger partial charge in [0, 0.05) is 17.3 Å². The molecule has 0 bridgehead atoms. The highest BCUT2D eigenvalue weighted by Gasteiger charge is 2.26. The van der Waals surface area contributed by atoms with Gasteiger partial charge in [-0.2, -0.15) is 0 Å². The van der Waals surface area contributed by atoms with Crippen molar-refractivity contribution in [1.29, 1.82) is 0 Å². The minimum atomic E-state index is -0.478. The second-order valence-corrected chi connectivity index (χ2v) is 5.59. The topological polar surface area (TPSA) is 63.5 Å². The maximum atomic E-state index is 13.1. The van der Waals surface area contributed by atoms with Gasteiger partial charge < -0.3 is 0 Å². The van der Waals surface area contributed by atoms with Gasteiger partial charge in [0.2, 0.25) is 0 Å². The summed E-state index contributed by atoms with van der Waals surface area (Å²) in [6, 6.07) is 22.3. The van der Waals surface area contributed by atoms with Crippen LogP contribution in [0.1, 0.15) is 15.9 Å². The van der Waals surface area contributed by atoms with Crippen LogP contribution in [0.3, 0.4) is 0 Å². The van der Waals surface area contributed by atoms with Gasteiger partial charge in [-0.1, -0.05) is 48.0 Å². The van der Waals surface area contributed by atoms with E-state index in [1.807, 2.05) is 25.1 Å².